The molecule has 0 fully saturated rings. The van der Waals surface area contributed by atoms with Crippen molar-refractivity contribution in [2.24, 2.45) is 5.84 Å². The molecule has 0 saturated heterocycles. The molecule has 0 aromatic carbocycles. The Morgan fingerprint density at radius 2 is 2.00 bits per heavy atom. The van der Waals surface area contributed by atoms with Crippen LogP contribution in [0.25, 0.3) is 0 Å². The number of anilines is 2. The molecule has 1 heterocycles. The summed E-state index contributed by atoms with van der Waals surface area (Å²) in [4.78, 5) is 6.87. The molecule has 0 aliphatic carbocycles. The zero-order valence-electron chi connectivity index (χ0n) is 10.5. The van der Waals surface area contributed by atoms with Crippen molar-refractivity contribution in [3.8, 4) is 0 Å². The fourth-order valence-electron chi connectivity index (χ4n) is 1.30. The second-order valence-electron chi connectivity index (χ2n) is 4.01. The summed E-state index contributed by atoms with van der Waals surface area (Å²) in [5, 5.41) is 2.59. The van der Waals surface area contributed by atoms with Gasteiger partial charge in [0.05, 0.1) is 5.75 Å². The fourth-order valence-corrected chi connectivity index (χ4v) is 1.97. The summed E-state index contributed by atoms with van der Waals surface area (Å²) >= 11 is 0. The molecule has 0 aliphatic rings. The molecule has 7 nitrogen and oxygen atoms in total. The van der Waals surface area contributed by atoms with Gasteiger partial charge in [0.15, 0.2) is 5.69 Å². The van der Waals surface area contributed by atoms with Gasteiger partial charge in [0.25, 0.3) is 0 Å². The lowest BCUT2D eigenvalue weighted by Gasteiger charge is -2.11. The van der Waals surface area contributed by atoms with Crippen molar-refractivity contribution in [3.63, 3.8) is 0 Å². The Hall–Kier alpha value is -1.62. The van der Waals surface area contributed by atoms with Crippen LogP contribution in [0.5, 0.6) is 0 Å². The predicted molar refractivity (Wildman–Crippen MR) is 67.7 cm³/mol. The van der Waals surface area contributed by atoms with E-state index < -0.39 is 21.7 Å². The maximum absolute atomic E-state index is 12.6. The van der Waals surface area contributed by atoms with E-state index in [2.05, 4.69) is 15.3 Å². The summed E-state index contributed by atoms with van der Waals surface area (Å²) in [5.74, 6) is 4.45. The van der Waals surface area contributed by atoms with Gasteiger partial charge in [-0.05, 0) is 6.42 Å². The maximum Gasteiger partial charge on any atom is 0.433 e. The highest BCUT2D eigenvalue weighted by Crippen LogP contribution is 2.29. The second-order valence-corrected chi connectivity index (χ2v) is 6.27. The number of alkyl halides is 3. The third-order valence-electron chi connectivity index (χ3n) is 2.14. The van der Waals surface area contributed by atoms with Crippen molar-refractivity contribution in [2.75, 3.05) is 29.3 Å². The molecule has 0 unspecified atom stereocenters. The third-order valence-corrected chi connectivity index (χ3v) is 3.17. The maximum atomic E-state index is 12.6. The number of sulfone groups is 1. The number of hydrogen-bond acceptors (Lipinski definition) is 7. The fraction of sp³-hybridized carbons (Fsp3) is 0.556. The van der Waals surface area contributed by atoms with Crippen LogP contribution in [0.1, 0.15) is 12.1 Å². The summed E-state index contributed by atoms with van der Waals surface area (Å²) in [6.07, 6.45) is -3.30. The molecule has 20 heavy (non-hydrogen) atoms. The second kappa shape index (κ2) is 6.22. The molecule has 0 radical (unpaired) electrons. The summed E-state index contributed by atoms with van der Waals surface area (Å²) in [6.45, 7) is 0.158. The number of hydrogen-bond donors (Lipinski definition) is 3. The van der Waals surface area contributed by atoms with E-state index in [0.717, 1.165) is 12.3 Å². The molecule has 0 saturated carbocycles. The van der Waals surface area contributed by atoms with Crippen molar-refractivity contribution in [3.05, 3.63) is 11.8 Å². The Balaban J connectivity index is 2.75. The van der Waals surface area contributed by atoms with Crippen LogP contribution in [-0.4, -0.2) is 36.9 Å². The smallest absolute Gasteiger partial charge is 0.370 e. The first kappa shape index (κ1) is 16.4. The van der Waals surface area contributed by atoms with Crippen LogP contribution in [0.2, 0.25) is 0 Å². The van der Waals surface area contributed by atoms with Crippen LogP contribution in [-0.2, 0) is 16.0 Å². The monoisotopic (exact) mass is 313 g/mol. The Morgan fingerprint density at radius 3 is 2.50 bits per heavy atom. The van der Waals surface area contributed by atoms with Crippen molar-refractivity contribution >= 4 is 21.6 Å². The molecule has 114 valence electrons. The lowest BCUT2D eigenvalue weighted by molar-refractivity contribution is -0.141. The molecule has 1 rings (SSSR count). The number of hydrazine groups is 1. The average Bonchev–Trinajstić information content (AvgIpc) is 2.32. The molecule has 0 spiro atoms. The minimum atomic E-state index is -4.63. The highest BCUT2D eigenvalue weighted by atomic mass is 32.2. The SMILES string of the molecule is CS(=O)(=O)CCCNc1cc(C(F)(F)F)nc(NN)n1. The molecular weight excluding hydrogens is 299 g/mol. The molecular formula is C9H14F3N5O2S. The molecule has 0 bridgehead atoms. The van der Waals surface area contributed by atoms with Crippen LogP contribution in [0, 0.1) is 0 Å². The van der Waals surface area contributed by atoms with Crippen molar-refractivity contribution < 1.29 is 21.6 Å². The predicted octanol–water partition coefficient (Wildman–Crippen LogP) is 0.628. The topological polar surface area (TPSA) is 110 Å². The Morgan fingerprint density at radius 1 is 1.35 bits per heavy atom. The molecule has 0 amide bonds. The van der Waals surface area contributed by atoms with Gasteiger partial charge in [-0.25, -0.2) is 19.2 Å². The van der Waals surface area contributed by atoms with Gasteiger partial charge in [-0.3, -0.25) is 5.43 Å². The number of nitrogens with two attached hydrogens (primary N) is 1. The van der Waals surface area contributed by atoms with Crippen LogP contribution in [0.4, 0.5) is 24.9 Å². The normalized spacial score (nSPS) is 12.2. The summed E-state index contributed by atoms with van der Waals surface area (Å²) in [7, 11) is -3.11. The van der Waals surface area contributed by atoms with E-state index in [4.69, 9.17) is 5.84 Å². The van der Waals surface area contributed by atoms with Crippen molar-refractivity contribution in [1.29, 1.82) is 0 Å². The van der Waals surface area contributed by atoms with Gasteiger partial charge < -0.3 is 5.32 Å². The number of nitrogens with zero attached hydrogens (tertiary/aromatic N) is 2. The highest BCUT2D eigenvalue weighted by molar-refractivity contribution is 7.90. The largest absolute Gasteiger partial charge is 0.433 e. The summed E-state index contributed by atoms with van der Waals surface area (Å²) in [5.41, 5.74) is 0.789. The average molecular weight is 313 g/mol. The highest BCUT2D eigenvalue weighted by Gasteiger charge is 2.33. The van der Waals surface area contributed by atoms with E-state index in [1.54, 1.807) is 0 Å². The molecule has 4 N–H and O–H groups in total. The van der Waals surface area contributed by atoms with E-state index in [0.29, 0.717) is 0 Å². The van der Waals surface area contributed by atoms with E-state index in [9.17, 15) is 21.6 Å². The summed E-state index contributed by atoms with van der Waals surface area (Å²) in [6, 6.07) is 0.723. The van der Waals surface area contributed by atoms with E-state index >= 15 is 0 Å². The molecule has 1 aromatic heterocycles. The van der Waals surface area contributed by atoms with Gasteiger partial charge >= 0.3 is 6.18 Å². The van der Waals surface area contributed by atoms with E-state index in [1.165, 1.54) is 0 Å². The van der Waals surface area contributed by atoms with Crippen molar-refractivity contribution in [2.45, 2.75) is 12.6 Å². The number of aromatic nitrogens is 2. The Labute approximate surface area is 113 Å². The first-order valence-corrected chi connectivity index (χ1v) is 7.52. The minimum Gasteiger partial charge on any atom is -0.370 e. The van der Waals surface area contributed by atoms with E-state index in [1.807, 2.05) is 5.43 Å². The third kappa shape index (κ3) is 5.57. The lowest BCUT2D eigenvalue weighted by Crippen LogP contribution is -2.17. The Kier molecular flexibility index (Phi) is 5.11. The first-order valence-electron chi connectivity index (χ1n) is 5.46. The van der Waals surface area contributed by atoms with Crippen LogP contribution in [0.3, 0.4) is 0 Å². The van der Waals surface area contributed by atoms with Crippen LogP contribution in [0.15, 0.2) is 6.07 Å². The number of halogens is 3. The lowest BCUT2D eigenvalue weighted by atomic mass is 10.3. The molecule has 11 heteroatoms. The summed E-state index contributed by atoms with van der Waals surface area (Å²) < 4.78 is 59.5. The zero-order valence-corrected chi connectivity index (χ0v) is 11.3. The number of nitrogens with one attached hydrogen (secondary N) is 2. The molecule has 1 aromatic rings. The standard InChI is InChI=1S/C9H14F3N5O2S/c1-20(18,19)4-2-3-14-7-5-6(9(10,11)12)15-8(16-7)17-13/h5H,2-4,13H2,1H3,(H2,14,15,16,17). The van der Waals surface area contributed by atoms with Gasteiger partial charge in [-0.2, -0.15) is 18.2 Å². The van der Waals surface area contributed by atoms with Gasteiger partial charge in [0, 0.05) is 18.9 Å². The van der Waals surface area contributed by atoms with Gasteiger partial charge in [-0.1, -0.05) is 0 Å². The zero-order chi connectivity index (χ0) is 15.4. The van der Waals surface area contributed by atoms with E-state index in [-0.39, 0.29) is 30.5 Å². The molecule has 0 atom stereocenters. The minimum absolute atomic E-state index is 0.0702. The van der Waals surface area contributed by atoms with Crippen LogP contribution >= 0.6 is 0 Å². The number of rotatable bonds is 6. The number of nitrogen functional groups attached to an aromatic ring is 1. The molecule has 0 aliphatic heterocycles. The van der Waals surface area contributed by atoms with Gasteiger partial charge in [0.2, 0.25) is 5.95 Å². The first-order chi connectivity index (χ1) is 9.12. The van der Waals surface area contributed by atoms with Crippen molar-refractivity contribution in [1.82, 2.24) is 9.97 Å². The van der Waals surface area contributed by atoms with Crippen LogP contribution < -0.4 is 16.6 Å². The Bertz CT molecular complexity index is 561. The van der Waals surface area contributed by atoms with Gasteiger partial charge in [0.1, 0.15) is 15.7 Å². The van der Waals surface area contributed by atoms with Gasteiger partial charge in [-0.15, -0.1) is 0 Å². The quantitative estimate of drug-likeness (QED) is 0.401.